The second kappa shape index (κ2) is 10.4. The Bertz CT molecular complexity index is 1600. The number of nitrogens with one attached hydrogen (secondary N) is 1. The van der Waals surface area contributed by atoms with Crippen molar-refractivity contribution in [2.75, 3.05) is 23.7 Å². The highest BCUT2D eigenvalue weighted by Gasteiger charge is 2.32. The molecule has 204 valence electrons. The monoisotopic (exact) mass is 560 g/mol. The fraction of sp³-hybridized carbons (Fsp3) is 0.355. The van der Waals surface area contributed by atoms with E-state index in [9.17, 15) is 8.42 Å². The van der Waals surface area contributed by atoms with Gasteiger partial charge >= 0.3 is 0 Å². The van der Waals surface area contributed by atoms with Crippen molar-refractivity contribution in [3.8, 4) is 21.7 Å². The van der Waals surface area contributed by atoms with Crippen molar-refractivity contribution >= 4 is 32.3 Å². The van der Waals surface area contributed by atoms with Crippen LogP contribution in [-0.4, -0.2) is 32.5 Å². The third kappa shape index (κ3) is 5.72. The first-order valence-electron chi connectivity index (χ1n) is 13.3. The molecule has 4 aromatic rings. The minimum Gasteiger partial charge on any atom is -0.363 e. The van der Waals surface area contributed by atoms with Gasteiger partial charge in [0.2, 0.25) is 0 Å². The molecule has 0 radical (unpaired) electrons. The molecule has 0 bridgehead atoms. The van der Waals surface area contributed by atoms with Crippen LogP contribution in [0.4, 0.5) is 10.9 Å². The van der Waals surface area contributed by atoms with Gasteiger partial charge in [-0.1, -0.05) is 67.6 Å². The summed E-state index contributed by atoms with van der Waals surface area (Å²) in [7, 11) is -0.271. The Labute approximate surface area is 236 Å². The molecular weight excluding hydrogens is 525 g/mol. The maximum Gasteiger partial charge on any atom is 0.281 e. The van der Waals surface area contributed by atoms with E-state index in [0.717, 1.165) is 32.8 Å². The maximum atomic E-state index is 13.4. The molecule has 0 aliphatic heterocycles. The van der Waals surface area contributed by atoms with Gasteiger partial charge in [-0.2, -0.15) is 8.42 Å². The van der Waals surface area contributed by atoms with Crippen molar-refractivity contribution < 1.29 is 8.42 Å². The fourth-order valence-electron chi connectivity index (χ4n) is 5.54. The number of hydrogen-bond donors (Lipinski definition) is 1. The lowest BCUT2D eigenvalue weighted by Crippen LogP contribution is -2.17. The summed E-state index contributed by atoms with van der Waals surface area (Å²) in [6, 6.07) is 19.9. The van der Waals surface area contributed by atoms with Gasteiger partial charge in [0.1, 0.15) is 5.82 Å². The zero-order valence-corrected chi connectivity index (χ0v) is 25.1. The van der Waals surface area contributed by atoms with E-state index in [4.69, 9.17) is 4.98 Å². The molecule has 1 saturated carbocycles. The van der Waals surface area contributed by atoms with Crippen molar-refractivity contribution in [3.63, 3.8) is 0 Å². The number of aromatic nitrogens is 2. The second-order valence-electron chi connectivity index (χ2n) is 11.5. The van der Waals surface area contributed by atoms with E-state index in [1.54, 1.807) is 17.0 Å². The van der Waals surface area contributed by atoms with Gasteiger partial charge in [0.15, 0.2) is 10.2 Å². The number of rotatable bonds is 7. The Kier molecular flexibility index (Phi) is 7.29. The highest BCUT2D eigenvalue weighted by atomic mass is 32.2. The van der Waals surface area contributed by atoms with Gasteiger partial charge in [-0.25, -0.2) is 9.97 Å². The highest BCUT2D eigenvalue weighted by Crippen LogP contribution is 2.47. The van der Waals surface area contributed by atoms with Crippen LogP contribution in [-0.2, 0) is 10.0 Å². The van der Waals surface area contributed by atoms with E-state index in [1.165, 1.54) is 42.2 Å². The summed E-state index contributed by atoms with van der Waals surface area (Å²) in [4.78, 5) is 12.0. The van der Waals surface area contributed by atoms with Crippen LogP contribution >= 0.6 is 11.3 Å². The van der Waals surface area contributed by atoms with Crippen molar-refractivity contribution in [2.24, 2.45) is 5.41 Å². The standard InChI is InChI=1S/C31H36N4O2S2/c1-20-10-7-11-21(2)27(20)28-29(23-13-8-12-22(18-23)24-16-17-31(3,4)19-24)38-30(33-28)34-39(36,37)26-15-9-14-25(32-26)35(5)6/h7-15,18,24H,16-17,19H2,1-6H3,(H,33,34). The van der Waals surface area contributed by atoms with Gasteiger partial charge in [0, 0.05) is 19.7 Å². The molecule has 2 heterocycles. The van der Waals surface area contributed by atoms with Gasteiger partial charge in [-0.05, 0) is 84.9 Å². The molecule has 5 rings (SSSR count). The molecule has 1 aliphatic carbocycles. The molecule has 0 saturated heterocycles. The third-order valence-electron chi connectivity index (χ3n) is 7.60. The molecule has 1 N–H and O–H groups in total. The average Bonchev–Trinajstić information content (AvgIpc) is 3.46. The first-order chi connectivity index (χ1) is 18.4. The Balaban J connectivity index is 1.59. The normalized spacial score (nSPS) is 16.8. The zero-order chi connectivity index (χ0) is 27.9. The minimum absolute atomic E-state index is 0.0371. The summed E-state index contributed by atoms with van der Waals surface area (Å²) in [5.41, 5.74) is 6.80. The quantitative estimate of drug-likeness (QED) is 0.251. The fourth-order valence-corrected chi connectivity index (χ4v) is 7.71. The molecule has 2 aromatic carbocycles. The van der Waals surface area contributed by atoms with E-state index in [-0.39, 0.29) is 5.03 Å². The second-order valence-corrected chi connectivity index (χ2v) is 14.2. The lowest BCUT2D eigenvalue weighted by atomic mass is 9.88. The molecule has 0 amide bonds. The van der Waals surface area contributed by atoms with Crippen LogP contribution in [0.1, 0.15) is 55.7 Å². The molecule has 8 heteroatoms. The number of sulfonamides is 1. The Morgan fingerprint density at radius 2 is 1.67 bits per heavy atom. The minimum atomic E-state index is -3.93. The van der Waals surface area contributed by atoms with E-state index in [0.29, 0.717) is 22.3 Å². The topological polar surface area (TPSA) is 75.2 Å². The van der Waals surface area contributed by atoms with E-state index in [1.807, 2.05) is 20.2 Å². The Morgan fingerprint density at radius 3 is 2.33 bits per heavy atom. The predicted octanol–water partition coefficient (Wildman–Crippen LogP) is 7.65. The van der Waals surface area contributed by atoms with Gasteiger partial charge in [-0.3, -0.25) is 4.72 Å². The van der Waals surface area contributed by atoms with Gasteiger partial charge in [0.05, 0.1) is 10.6 Å². The lowest BCUT2D eigenvalue weighted by Gasteiger charge is -2.18. The van der Waals surface area contributed by atoms with Crippen LogP contribution in [0.25, 0.3) is 21.7 Å². The lowest BCUT2D eigenvalue weighted by molar-refractivity contribution is 0.376. The molecule has 2 aromatic heterocycles. The number of hydrogen-bond acceptors (Lipinski definition) is 6. The molecule has 1 atom stereocenters. The molecular formula is C31H36N4O2S2. The summed E-state index contributed by atoms with van der Waals surface area (Å²) in [6.45, 7) is 8.84. The van der Waals surface area contributed by atoms with Crippen molar-refractivity contribution in [1.29, 1.82) is 0 Å². The van der Waals surface area contributed by atoms with E-state index in [2.05, 4.69) is 73.8 Å². The predicted molar refractivity (Wildman–Crippen MR) is 162 cm³/mol. The highest BCUT2D eigenvalue weighted by molar-refractivity contribution is 7.92. The largest absolute Gasteiger partial charge is 0.363 e. The van der Waals surface area contributed by atoms with Crippen LogP contribution in [0.3, 0.4) is 0 Å². The summed E-state index contributed by atoms with van der Waals surface area (Å²) in [5, 5.41) is 0.289. The Hall–Kier alpha value is -3.23. The maximum absolute atomic E-state index is 13.4. The number of thiazole rings is 1. The zero-order valence-electron chi connectivity index (χ0n) is 23.4. The van der Waals surface area contributed by atoms with Crippen molar-refractivity contribution in [2.45, 2.75) is 57.9 Å². The SMILES string of the molecule is Cc1cccc(C)c1-c1nc(NS(=O)(=O)c2cccc(N(C)C)n2)sc1-c1cccc(C2CCC(C)(C)C2)c1. The van der Waals surface area contributed by atoms with Crippen LogP contribution in [0.15, 0.2) is 65.7 Å². The third-order valence-corrected chi connectivity index (χ3v) is 9.99. The van der Waals surface area contributed by atoms with Crippen LogP contribution in [0, 0.1) is 19.3 Å². The first kappa shape index (κ1) is 27.3. The molecule has 1 aliphatic rings. The Morgan fingerprint density at radius 1 is 0.974 bits per heavy atom. The average molecular weight is 561 g/mol. The van der Waals surface area contributed by atoms with Crippen LogP contribution < -0.4 is 9.62 Å². The van der Waals surface area contributed by atoms with Crippen molar-refractivity contribution in [1.82, 2.24) is 9.97 Å². The van der Waals surface area contributed by atoms with Crippen LogP contribution in [0.2, 0.25) is 0 Å². The molecule has 39 heavy (non-hydrogen) atoms. The van der Waals surface area contributed by atoms with E-state index >= 15 is 0 Å². The van der Waals surface area contributed by atoms with Crippen molar-refractivity contribution in [3.05, 3.63) is 77.4 Å². The van der Waals surface area contributed by atoms with Gasteiger partial charge in [0.25, 0.3) is 10.0 Å². The number of anilines is 2. The summed E-state index contributed by atoms with van der Waals surface area (Å²) < 4.78 is 29.5. The van der Waals surface area contributed by atoms with E-state index < -0.39 is 10.0 Å². The molecule has 0 spiro atoms. The van der Waals surface area contributed by atoms with Crippen LogP contribution in [0.5, 0.6) is 0 Å². The summed E-state index contributed by atoms with van der Waals surface area (Å²) in [5.74, 6) is 1.10. The number of pyridine rings is 1. The van der Waals surface area contributed by atoms with Gasteiger partial charge < -0.3 is 4.90 Å². The molecule has 1 fully saturated rings. The number of aryl methyl sites for hydroxylation is 2. The summed E-state index contributed by atoms with van der Waals surface area (Å²) >= 11 is 1.37. The smallest absolute Gasteiger partial charge is 0.281 e. The summed E-state index contributed by atoms with van der Waals surface area (Å²) in [6.07, 6.45) is 3.59. The molecule has 6 nitrogen and oxygen atoms in total. The number of benzene rings is 2. The number of nitrogens with zero attached hydrogens (tertiary/aromatic N) is 3. The van der Waals surface area contributed by atoms with Gasteiger partial charge in [-0.15, -0.1) is 0 Å². The molecule has 1 unspecified atom stereocenters. The first-order valence-corrected chi connectivity index (χ1v) is 15.6.